The molecule has 0 aliphatic carbocycles. The first-order valence-corrected chi connectivity index (χ1v) is 4.24. The Labute approximate surface area is 91.0 Å². The van der Waals surface area contributed by atoms with Crippen molar-refractivity contribution < 1.29 is 23.9 Å². The van der Waals surface area contributed by atoms with Crippen molar-refractivity contribution in [3.05, 3.63) is 34.6 Å². The zero-order valence-electron chi connectivity index (χ0n) is 5.78. The average molecular weight is 289 g/mol. The summed E-state index contributed by atoms with van der Waals surface area (Å²) in [6, 6.07) is 4.95. The molecule has 0 fully saturated rings. The second kappa shape index (κ2) is 5.24. The minimum absolute atomic E-state index is 0. The number of hydrogen-bond acceptors (Lipinski definition) is 0. The van der Waals surface area contributed by atoms with E-state index in [1.165, 1.54) is 6.07 Å². The molecule has 0 saturated heterocycles. The van der Waals surface area contributed by atoms with Crippen LogP contribution in [0.25, 0.3) is 0 Å². The molecule has 0 amide bonds. The molecule has 1 aromatic carbocycles. The van der Waals surface area contributed by atoms with Gasteiger partial charge in [-0.05, 0) is 11.6 Å². The fraction of sp³-hybridized carbons (Fsp3) is 0.143. The predicted octanol–water partition coefficient (Wildman–Crippen LogP) is 3.37. The zero-order chi connectivity index (χ0) is 7.56. The van der Waals surface area contributed by atoms with Crippen molar-refractivity contribution in [3.63, 3.8) is 0 Å². The smallest absolute Gasteiger partial charge is 0.145 e. The molecule has 0 heterocycles. The molecule has 0 aliphatic rings. The van der Waals surface area contributed by atoms with E-state index in [2.05, 4.69) is 15.9 Å². The number of rotatable bonds is 1. The van der Waals surface area contributed by atoms with Crippen molar-refractivity contribution in [1.29, 1.82) is 0 Å². The number of alkyl halides is 1. The molecule has 0 radical (unpaired) electrons. The first kappa shape index (κ1) is 11.5. The van der Waals surface area contributed by atoms with Gasteiger partial charge in [0.2, 0.25) is 0 Å². The molecule has 0 bridgehead atoms. The molecular weight excluding hydrogens is 284 g/mol. The molecule has 0 nitrogen and oxygen atoms in total. The second-order valence-corrected chi connectivity index (χ2v) is 2.81. The first-order valence-electron chi connectivity index (χ1n) is 2.74. The summed E-state index contributed by atoms with van der Waals surface area (Å²) in [5.74, 6) is -0.332. The normalized spacial score (nSPS) is 9.00. The van der Waals surface area contributed by atoms with Crippen LogP contribution < -0.4 is 0 Å². The summed E-state index contributed by atoms with van der Waals surface area (Å²) >= 11 is 8.64. The maximum Gasteiger partial charge on any atom is 0.145 e. The van der Waals surface area contributed by atoms with Gasteiger partial charge in [0.15, 0.2) is 0 Å². The van der Waals surface area contributed by atoms with Crippen LogP contribution in [0.4, 0.5) is 4.39 Å². The fourth-order valence-corrected chi connectivity index (χ4v) is 1.28. The fourth-order valence-electron chi connectivity index (χ4n) is 0.652. The summed E-state index contributed by atoms with van der Waals surface area (Å²) in [7, 11) is 0. The summed E-state index contributed by atoms with van der Waals surface area (Å²) in [4.78, 5) is 0. The average Bonchev–Trinajstić information content (AvgIpc) is 1.95. The molecule has 11 heavy (non-hydrogen) atoms. The van der Waals surface area contributed by atoms with Gasteiger partial charge in [-0.15, -0.1) is 0 Å². The van der Waals surface area contributed by atoms with Crippen molar-refractivity contribution >= 4 is 27.5 Å². The van der Waals surface area contributed by atoms with Crippen molar-refractivity contribution in [2.24, 2.45) is 0 Å². The summed E-state index contributed by atoms with van der Waals surface area (Å²) in [6.07, 6.45) is 0. The zero-order valence-corrected chi connectivity index (χ0v) is 11.1. The molecule has 0 unspecified atom stereocenters. The third kappa shape index (κ3) is 2.81. The third-order valence-corrected chi connectivity index (χ3v) is 2.07. The van der Waals surface area contributed by atoms with Crippen LogP contribution in [-0.2, 0) is 24.8 Å². The van der Waals surface area contributed by atoms with Gasteiger partial charge in [0.05, 0.1) is 5.02 Å². The first-order chi connectivity index (χ1) is 4.75. The summed E-state index contributed by atoms with van der Waals surface area (Å²) in [5, 5.41) is 0.677. The maximum atomic E-state index is 12.8. The van der Waals surface area contributed by atoms with Crippen molar-refractivity contribution in [1.82, 2.24) is 0 Å². The van der Waals surface area contributed by atoms with Crippen molar-refractivity contribution in [2.45, 2.75) is 5.33 Å². The second-order valence-electron chi connectivity index (χ2n) is 1.85. The molecule has 0 spiro atoms. The largest absolute Gasteiger partial charge is 0.205 e. The summed E-state index contributed by atoms with van der Waals surface area (Å²) < 4.78 is 12.8. The summed E-state index contributed by atoms with van der Waals surface area (Å²) in [6.45, 7) is 0. The van der Waals surface area contributed by atoms with E-state index in [0.717, 1.165) is 0 Å². The van der Waals surface area contributed by atoms with Crippen LogP contribution in [0.2, 0.25) is 5.02 Å². The molecule has 1 rings (SSSR count). The minimum Gasteiger partial charge on any atom is -0.205 e. The quantitative estimate of drug-likeness (QED) is 0.549. The number of hydrogen-bond donors (Lipinski definition) is 0. The third-order valence-electron chi connectivity index (χ3n) is 1.18. The topological polar surface area (TPSA) is 0 Å². The van der Waals surface area contributed by atoms with E-state index >= 15 is 0 Å². The van der Waals surface area contributed by atoms with E-state index in [4.69, 9.17) is 11.6 Å². The van der Waals surface area contributed by atoms with Crippen LogP contribution in [0.15, 0.2) is 18.2 Å². The minimum atomic E-state index is -0.332. The van der Waals surface area contributed by atoms with Crippen LogP contribution in [0.1, 0.15) is 5.56 Å². The Balaban J connectivity index is 0.000001000. The van der Waals surface area contributed by atoms with Gasteiger partial charge in [-0.3, -0.25) is 0 Å². The molecule has 0 saturated carbocycles. The Kier molecular flexibility index (Phi) is 5.49. The van der Waals surface area contributed by atoms with Crippen LogP contribution in [-0.4, -0.2) is 0 Å². The van der Waals surface area contributed by atoms with Gasteiger partial charge in [0, 0.05) is 24.8 Å². The Morgan fingerprint density at radius 1 is 1.45 bits per heavy atom. The molecule has 0 aliphatic heterocycles. The van der Waals surface area contributed by atoms with E-state index < -0.39 is 0 Å². The van der Waals surface area contributed by atoms with Crippen LogP contribution in [0, 0.1) is 5.82 Å². The van der Waals surface area contributed by atoms with E-state index in [1.54, 1.807) is 12.1 Å². The Morgan fingerprint density at radius 2 is 2.09 bits per heavy atom. The van der Waals surface area contributed by atoms with Crippen molar-refractivity contribution in [3.8, 4) is 0 Å². The van der Waals surface area contributed by atoms with E-state index in [1.807, 2.05) is 0 Å². The Morgan fingerprint density at radius 3 is 2.55 bits per heavy atom. The van der Waals surface area contributed by atoms with Gasteiger partial charge >= 0.3 is 0 Å². The van der Waals surface area contributed by atoms with Gasteiger partial charge in [-0.1, -0.05) is 39.7 Å². The molecule has 56 valence electrons. The molecule has 0 aromatic heterocycles. The monoisotopic (exact) mass is 286 g/mol. The molecule has 1 aromatic rings. The van der Waals surface area contributed by atoms with Crippen LogP contribution in [0.5, 0.6) is 0 Å². The van der Waals surface area contributed by atoms with Gasteiger partial charge < -0.3 is 0 Å². The number of benzene rings is 1. The predicted molar refractivity (Wildman–Crippen MR) is 44.0 cm³/mol. The Hall–Kier alpha value is 0.543. The van der Waals surface area contributed by atoms with Gasteiger partial charge in [-0.25, -0.2) is 4.39 Å². The van der Waals surface area contributed by atoms with Crippen LogP contribution >= 0.6 is 27.5 Å². The van der Waals surface area contributed by atoms with E-state index in [0.29, 0.717) is 10.9 Å². The Bertz CT molecular complexity index is 242. The number of halogens is 3. The maximum absolute atomic E-state index is 12.8. The van der Waals surface area contributed by atoms with Gasteiger partial charge in [0.25, 0.3) is 0 Å². The van der Waals surface area contributed by atoms with Crippen LogP contribution in [0.3, 0.4) is 0 Å². The van der Waals surface area contributed by atoms with E-state index in [9.17, 15) is 4.39 Å². The molecular formula is C7H5BrClFZn. The molecule has 0 N–H and O–H groups in total. The SMILES string of the molecule is Fc1c(Cl)cccc1CBr.[Zn]. The molecule has 0 atom stereocenters. The molecule has 4 heteroatoms. The standard InChI is InChI=1S/C7H5BrClF.Zn/c8-4-5-2-1-3-6(9)7(5)10;/h1-3H,4H2;. The van der Waals surface area contributed by atoms with Crippen molar-refractivity contribution in [2.75, 3.05) is 0 Å². The van der Waals surface area contributed by atoms with E-state index in [-0.39, 0.29) is 30.3 Å². The van der Waals surface area contributed by atoms with Gasteiger partial charge in [-0.2, -0.15) is 0 Å². The van der Waals surface area contributed by atoms with Gasteiger partial charge in [0.1, 0.15) is 5.82 Å². The summed E-state index contributed by atoms with van der Waals surface area (Å²) in [5.41, 5.74) is 0.590.